The van der Waals surface area contributed by atoms with Gasteiger partial charge in [-0.15, -0.1) is 0 Å². The molecule has 1 aromatic heterocycles. The summed E-state index contributed by atoms with van der Waals surface area (Å²) < 4.78 is 20.9. The minimum atomic E-state index is -0.351. The van der Waals surface area contributed by atoms with E-state index in [2.05, 4.69) is 27.9 Å². The number of carbonyl (C=O) groups is 2. The fourth-order valence-electron chi connectivity index (χ4n) is 5.98. The van der Waals surface area contributed by atoms with Crippen LogP contribution in [0.1, 0.15) is 63.0 Å². The molecule has 0 radical (unpaired) electrons. The molecule has 0 saturated carbocycles. The Kier molecular flexibility index (Phi) is 8.97. The lowest BCUT2D eigenvalue weighted by atomic mass is 9.85. The number of carbonyl (C=O) groups excluding carboxylic acids is 2. The average Bonchev–Trinajstić information content (AvgIpc) is 3.00. The van der Waals surface area contributed by atoms with E-state index >= 15 is 0 Å². The number of primary amides is 1. The van der Waals surface area contributed by atoms with Gasteiger partial charge in [0.15, 0.2) is 11.6 Å². The zero-order valence-electron chi connectivity index (χ0n) is 23.4. The number of rotatable bonds is 8. The van der Waals surface area contributed by atoms with Crippen LogP contribution in [0.25, 0.3) is 5.57 Å². The molecule has 2 aromatic rings. The van der Waals surface area contributed by atoms with Gasteiger partial charge in [-0.3, -0.25) is 9.59 Å². The van der Waals surface area contributed by atoms with Gasteiger partial charge in [-0.25, -0.2) is 14.4 Å². The molecule has 3 aliphatic rings. The van der Waals surface area contributed by atoms with Crippen LogP contribution in [0.3, 0.4) is 0 Å². The van der Waals surface area contributed by atoms with Crippen molar-refractivity contribution in [3.05, 3.63) is 53.6 Å². The van der Waals surface area contributed by atoms with E-state index in [0.717, 1.165) is 67.8 Å². The van der Waals surface area contributed by atoms with Gasteiger partial charge >= 0.3 is 0 Å². The van der Waals surface area contributed by atoms with Crippen molar-refractivity contribution in [2.45, 2.75) is 58.3 Å². The number of benzene rings is 1. The standard InChI is InChI=1S/C31H40FN5O3/c1-2-21-18-34-31(35-19-21)37-13-9-22(10-14-37)20-40-28-8-7-26(17-27(28)32)23-3-5-25(6-4-23)30(39)36-15-11-24(12-16-36)29(33)38/h3,7-8,17-19,22,24-25H,2,4-6,9-16,20H2,1H3,(H2,33,38). The van der Waals surface area contributed by atoms with Gasteiger partial charge in [0.2, 0.25) is 17.8 Å². The number of anilines is 1. The Morgan fingerprint density at radius 2 is 1.75 bits per heavy atom. The fourth-order valence-corrected chi connectivity index (χ4v) is 5.98. The molecule has 1 atom stereocenters. The Morgan fingerprint density at radius 1 is 1.02 bits per heavy atom. The number of halogens is 1. The van der Waals surface area contributed by atoms with Crippen LogP contribution in [0.15, 0.2) is 36.7 Å². The molecule has 9 heteroatoms. The summed E-state index contributed by atoms with van der Waals surface area (Å²) in [6, 6.07) is 5.20. The Hall–Kier alpha value is -3.49. The van der Waals surface area contributed by atoms with E-state index in [1.54, 1.807) is 12.1 Å². The molecule has 2 amide bonds. The molecule has 1 unspecified atom stereocenters. The van der Waals surface area contributed by atoms with Crippen LogP contribution in [-0.2, 0) is 16.0 Å². The topological polar surface area (TPSA) is 102 Å². The quantitative estimate of drug-likeness (QED) is 0.524. The molecule has 1 aromatic carbocycles. The van der Waals surface area contributed by atoms with Crippen LogP contribution >= 0.6 is 0 Å². The molecule has 214 valence electrons. The Labute approximate surface area is 235 Å². The lowest BCUT2D eigenvalue weighted by molar-refractivity contribution is -0.138. The highest BCUT2D eigenvalue weighted by Gasteiger charge is 2.31. The summed E-state index contributed by atoms with van der Waals surface area (Å²) >= 11 is 0. The van der Waals surface area contributed by atoms with E-state index in [-0.39, 0.29) is 35.2 Å². The fraction of sp³-hybridized carbons (Fsp3) is 0.548. The molecule has 2 saturated heterocycles. The number of allylic oxidation sites excluding steroid dienone is 2. The summed E-state index contributed by atoms with van der Waals surface area (Å²) in [6.45, 7) is 5.49. The molecule has 2 N–H and O–H groups in total. The van der Waals surface area contributed by atoms with E-state index < -0.39 is 0 Å². The number of ether oxygens (including phenoxy) is 1. The van der Waals surface area contributed by atoms with E-state index in [0.29, 0.717) is 44.9 Å². The molecule has 0 bridgehead atoms. The van der Waals surface area contributed by atoms with Gasteiger partial charge in [-0.05, 0) is 86.1 Å². The Morgan fingerprint density at radius 3 is 2.35 bits per heavy atom. The van der Waals surface area contributed by atoms with Gasteiger partial charge in [0.1, 0.15) is 0 Å². The van der Waals surface area contributed by atoms with Crippen molar-refractivity contribution in [2.75, 3.05) is 37.7 Å². The van der Waals surface area contributed by atoms with E-state index in [1.165, 1.54) is 0 Å². The number of aromatic nitrogens is 2. The number of piperidine rings is 2. The van der Waals surface area contributed by atoms with Crippen molar-refractivity contribution in [3.63, 3.8) is 0 Å². The maximum atomic E-state index is 15.0. The van der Waals surface area contributed by atoms with Gasteiger partial charge in [0, 0.05) is 50.4 Å². The van der Waals surface area contributed by atoms with Crippen LogP contribution in [0.2, 0.25) is 0 Å². The van der Waals surface area contributed by atoms with Crippen molar-refractivity contribution in [1.82, 2.24) is 14.9 Å². The highest BCUT2D eigenvalue weighted by molar-refractivity contribution is 5.82. The molecular formula is C31H40FN5O3. The highest BCUT2D eigenvalue weighted by Crippen LogP contribution is 2.34. The summed E-state index contributed by atoms with van der Waals surface area (Å²) in [4.78, 5) is 37.4. The third kappa shape index (κ3) is 6.62. The molecule has 40 heavy (non-hydrogen) atoms. The van der Waals surface area contributed by atoms with Crippen LogP contribution in [0, 0.1) is 23.6 Å². The second-order valence-electron chi connectivity index (χ2n) is 11.3. The van der Waals surface area contributed by atoms with Crippen molar-refractivity contribution >= 4 is 23.3 Å². The highest BCUT2D eigenvalue weighted by atomic mass is 19.1. The van der Waals surface area contributed by atoms with E-state index in [1.807, 2.05) is 23.4 Å². The van der Waals surface area contributed by atoms with Gasteiger partial charge < -0.3 is 20.3 Å². The molecule has 2 fully saturated rings. The van der Waals surface area contributed by atoms with Crippen molar-refractivity contribution in [1.29, 1.82) is 0 Å². The largest absolute Gasteiger partial charge is 0.490 e. The molecule has 2 aliphatic heterocycles. The smallest absolute Gasteiger partial charge is 0.226 e. The summed E-state index contributed by atoms with van der Waals surface area (Å²) in [6.07, 6.45) is 12.1. The maximum absolute atomic E-state index is 15.0. The zero-order chi connectivity index (χ0) is 28.1. The first-order valence-electron chi connectivity index (χ1n) is 14.7. The number of hydrogen-bond donors (Lipinski definition) is 1. The first-order valence-corrected chi connectivity index (χ1v) is 14.7. The normalized spacial score (nSPS) is 20.8. The maximum Gasteiger partial charge on any atom is 0.226 e. The minimum absolute atomic E-state index is 0.0602. The van der Waals surface area contributed by atoms with Gasteiger partial charge in [0.05, 0.1) is 6.61 Å². The van der Waals surface area contributed by atoms with Crippen LogP contribution in [0.5, 0.6) is 5.75 Å². The van der Waals surface area contributed by atoms with Gasteiger partial charge in [-0.2, -0.15) is 0 Å². The van der Waals surface area contributed by atoms with Crippen LogP contribution in [-0.4, -0.2) is 59.5 Å². The number of hydrogen-bond acceptors (Lipinski definition) is 6. The SMILES string of the molecule is CCc1cnc(N2CCC(COc3ccc(C4=CCC(C(=O)N5CCC(C(N)=O)CC5)CC4)cc3F)CC2)nc1. The van der Waals surface area contributed by atoms with E-state index in [9.17, 15) is 14.0 Å². The number of likely N-dealkylation sites (tertiary alicyclic amines) is 1. The Balaban J connectivity index is 1.08. The third-order valence-corrected chi connectivity index (χ3v) is 8.74. The summed E-state index contributed by atoms with van der Waals surface area (Å²) in [7, 11) is 0. The van der Waals surface area contributed by atoms with E-state index in [4.69, 9.17) is 10.5 Å². The van der Waals surface area contributed by atoms with Gasteiger partial charge in [-0.1, -0.05) is 19.1 Å². The second-order valence-corrected chi connectivity index (χ2v) is 11.3. The number of aryl methyl sites for hydroxylation is 1. The Bertz CT molecular complexity index is 1220. The first kappa shape index (κ1) is 28.1. The first-order chi connectivity index (χ1) is 19.4. The predicted octanol–water partition coefficient (Wildman–Crippen LogP) is 4.38. The molecule has 5 rings (SSSR count). The molecule has 8 nitrogen and oxygen atoms in total. The lowest BCUT2D eigenvalue weighted by Gasteiger charge is -2.34. The predicted molar refractivity (Wildman–Crippen MR) is 152 cm³/mol. The molecule has 3 heterocycles. The average molecular weight is 550 g/mol. The zero-order valence-corrected chi connectivity index (χ0v) is 23.4. The number of nitrogens with two attached hydrogens (primary N) is 1. The van der Waals surface area contributed by atoms with Crippen molar-refractivity contribution in [2.24, 2.45) is 23.5 Å². The second kappa shape index (κ2) is 12.8. The molecular weight excluding hydrogens is 509 g/mol. The third-order valence-electron chi connectivity index (χ3n) is 8.74. The minimum Gasteiger partial charge on any atom is -0.490 e. The van der Waals surface area contributed by atoms with Gasteiger partial charge in [0.25, 0.3) is 0 Å². The van der Waals surface area contributed by atoms with Crippen LogP contribution in [0.4, 0.5) is 10.3 Å². The molecule has 1 aliphatic carbocycles. The monoisotopic (exact) mass is 549 g/mol. The summed E-state index contributed by atoms with van der Waals surface area (Å²) in [5.74, 6) is 0.769. The lowest BCUT2D eigenvalue weighted by Crippen LogP contribution is -2.44. The van der Waals surface area contributed by atoms with Crippen LogP contribution < -0.4 is 15.4 Å². The summed E-state index contributed by atoms with van der Waals surface area (Å²) in [5, 5.41) is 0. The number of amides is 2. The summed E-state index contributed by atoms with van der Waals surface area (Å²) in [5.41, 5.74) is 8.47. The molecule has 0 spiro atoms. The van der Waals surface area contributed by atoms with Crippen molar-refractivity contribution < 1.29 is 18.7 Å². The number of nitrogens with zero attached hydrogens (tertiary/aromatic N) is 4. The van der Waals surface area contributed by atoms with Crippen molar-refractivity contribution in [3.8, 4) is 5.75 Å².